The van der Waals surface area contributed by atoms with Gasteiger partial charge in [-0.2, -0.15) is 0 Å². The Labute approximate surface area is 141 Å². The third kappa shape index (κ3) is 2.91. The molecule has 2 fully saturated rings. The predicted octanol–water partition coefficient (Wildman–Crippen LogP) is 1.57. The molecule has 2 aliphatic rings. The number of rotatable bonds is 3. The largest absolute Gasteiger partial charge is 0.388 e. The second-order valence-corrected chi connectivity index (χ2v) is 6.93. The van der Waals surface area contributed by atoms with Crippen LogP contribution in [-0.4, -0.2) is 56.9 Å². The van der Waals surface area contributed by atoms with E-state index in [4.69, 9.17) is 4.74 Å². The Kier molecular flexibility index (Phi) is 4.02. The fraction of sp³-hybridized carbons (Fsp3) is 0.556. The van der Waals surface area contributed by atoms with Gasteiger partial charge in [0.2, 0.25) is 0 Å². The summed E-state index contributed by atoms with van der Waals surface area (Å²) in [6.45, 7) is 2.40. The van der Waals surface area contributed by atoms with Gasteiger partial charge in [0.05, 0.1) is 23.9 Å². The van der Waals surface area contributed by atoms with Crippen molar-refractivity contribution in [2.75, 3.05) is 19.7 Å². The van der Waals surface area contributed by atoms with Crippen LogP contribution in [0.3, 0.4) is 0 Å². The van der Waals surface area contributed by atoms with Crippen molar-refractivity contribution in [2.45, 2.75) is 43.9 Å². The zero-order valence-corrected chi connectivity index (χ0v) is 13.7. The molecule has 0 spiro atoms. The van der Waals surface area contributed by atoms with Crippen LogP contribution in [0, 0.1) is 0 Å². The summed E-state index contributed by atoms with van der Waals surface area (Å²) in [6, 6.07) is 4.01. The van der Waals surface area contributed by atoms with Gasteiger partial charge in [-0.25, -0.2) is 0 Å². The molecule has 0 radical (unpaired) electrons. The first kappa shape index (κ1) is 15.6. The first-order chi connectivity index (χ1) is 11.6. The lowest BCUT2D eigenvalue weighted by Crippen LogP contribution is -2.50. The van der Waals surface area contributed by atoms with Crippen LogP contribution in [-0.2, 0) is 16.1 Å². The molecule has 2 aromatic heterocycles. The van der Waals surface area contributed by atoms with Crippen molar-refractivity contribution >= 4 is 16.8 Å². The summed E-state index contributed by atoms with van der Waals surface area (Å²) < 4.78 is 7.54. The zero-order chi connectivity index (χ0) is 16.6. The van der Waals surface area contributed by atoms with Crippen LogP contribution >= 0.6 is 0 Å². The van der Waals surface area contributed by atoms with E-state index < -0.39 is 5.60 Å². The Morgan fingerprint density at radius 1 is 1.38 bits per heavy atom. The normalized spacial score (nSPS) is 23.7. The second-order valence-electron chi connectivity index (χ2n) is 6.93. The van der Waals surface area contributed by atoms with E-state index >= 15 is 0 Å². The molecule has 4 rings (SSSR count). The van der Waals surface area contributed by atoms with Gasteiger partial charge in [0.25, 0.3) is 5.91 Å². The molecule has 24 heavy (non-hydrogen) atoms. The van der Waals surface area contributed by atoms with E-state index in [1.165, 1.54) is 0 Å². The number of likely N-dealkylation sites (tertiary alicyclic amines) is 1. The van der Waals surface area contributed by atoms with Gasteiger partial charge in [-0.3, -0.25) is 9.78 Å². The Hall–Kier alpha value is -1.92. The van der Waals surface area contributed by atoms with Crippen LogP contribution < -0.4 is 0 Å². The van der Waals surface area contributed by atoms with Crippen LogP contribution in [0.25, 0.3) is 10.9 Å². The van der Waals surface area contributed by atoms with Crippen LogP contribution in [0.2, 0.25) is 0 Å². The van der Waals surface area contributed by atoms with Gasteiger partial charge in [0.15, 0.2) is 0 Å². The van der Waals surface area contributed by atoms with Gasteiger partial charge in [0.1, 0.15) is 6.10 Å². The predicted molar refractivity (Wildman–Crippen MR) is 89.5 cm³/mol. The summed E-state index contributed by atoms with van der Waals surface area (Å²) in [6.07, 6.45) is 8.29. The minimum Gasteiger partial charge on any atom is -0.388 e. The average Bonchev–Trinajstić information content (AvgIpc) is 3.25. The first-order valence-corrected chi connectivity index (χ1v) is 8.66. The second kappa shape index (κ2) is 6.18. The molecule has 6 heteroatoms. The molecule has 1 unspecified atom stereocenters. The standard InChI is InChI=1S/C18H23N3O3/c22-17(16-2-1-11-24-16)20-9-5-18(23,6-10-20)13-21-8-4-14-3-7-19-12-15(14)21/h3-4,7-8,12,16,23H,1-2,5-6,9-11,13H2. The molecule has 128 valence electrons. The van der Waals surface area contributed by atoms with E-state index in [0.29, 0.717) is 39.1 Å². The number of fused-ring (bicyclic) bond motifs is 1. The number of pyridine rings is 1. The highest BCUT2D eigenvalue weighted by Gasteiger charge is 2.37. The lowest BCUT2D eigenvalue weighted by molar-refractivity contribution is -0.145. The molecular formula is C18H23N3O3. The van der Waals surface area contributed by atoms with E-state index in [1.807, 2.05) is 29.4 Å². The maximum Gasteiger partial charge on any atom is 0.251 e. The lowest BCUT2D eigenvalue weighted by Gasteiger charge is -2.39. The fourth-order valence-corrected chi connectivity index (χ4v) is 3.76. The maximum absolute atomic E-state index is 12.4. The Morgan fingerprint density at radius 3 is 2.96 bits per heavy atom. The number of nitrogens with zero attached hydrogens (tertiary/aromatic N) is 3. The molecule has 0 bridgehead atoms. The molecule has 2 aromatic rings. The minimum atomic E-state index is -0.783. The van der Waals surface area contributed by atoms with Crippen molar-refractivity contribution < 1.29 is 14.6 Å². The van der Waals surface area contributed by atoms with Gasteiger partial charge >= 0.3 is 0 Å². The van der Waals surface area contributed by atoms with Crippen LogP contribution in [0.15, 0.2) is 30.7 Å². The number of carbonyl (C=O) groups is 1. The molecule has 2 aliphatic heterocycles. The molecule has 6 nitrogen and oxygen atoms in total. The van der Waals surface area contributed by atoms with Crippen molar-refractivity contribution in [3.05, 3.63) is 30.7 Å². The molecule has 2 saturated heterocycles. The number of piperidine rings is 1. The third-order valence-corrected chi connectivity index (χ3v) is 5.25. The summed E-state index contributed by atoms with van der Waals surface area (Å²) in [5.41, 5.74) is 0.249. The van der Waals surface area contributed by atoms with E-state index in [1.54, 1.807) is 6.20 Å². The van der Waals surface area contributed by atoms with E-state index in [-0.39, 0.29) is 12.0 Å². The number of amides is 1. The van der Waals surface area contributed by atoms with Crippen molar-refractivity contribution in [1.29, 1.82) is 0 Å². The summed E-state index contributed by atoms with van der Waals surface area (Å²) in [7, 11) is 0. The number of hydrogen-bond donors (Lipinski definition) is 1. The number of aliphatic hydroxyl groups is 1. The molecule has 0 saturated carbocycles. The summed E-state index contributed by atoms with van der Waals surface area (Å²) >= 11 is 0. The topological polar surface area (TPSA) is 67.6 Å². The maximum atomic E-state index is 12.4. The van der Waals surface area contributed by atoms with Crippen molar-refractivity contribution in [1.82, 2.24) is 14.5 Å². The van der Waals surface area contributed by atoms with E-state index in [2.05, 4.69) is 9.55 Å². The molecule has 4 heterocycles. The van der Waals surface area contributed by atoms with E-state index in [0.717, 1.165) is 23.7 Å². The van der Waals surface area contributed by atoms with Gasteiger partial charge in [-0.15, -0.1) is 0 Å². The minimum absolute atomic E-state index is 0.0881. The van der Waals surface area contributed by atoms with Gasteiger partial charge in [-0.05, 0) is 37.8 Å². The van der Waals surface area contributed by atoms with Gasteiger partial charge in [-0.1, -0.05) is 0 Å². The Balaban J connectivity index is 1.41. The number of ether oxygens (including phenoxy) is 1. The highest BCUT2D eigenvalue weighted by Crippen LogP contribution is 2.27. The highest BCUT2D eigenvalue weighted by molar-refractivity contribution is 5.81. The first-order valence-electron chi connectivity index (χ1n) is 8.66. The van der Waals surface area contributed by atoms with Crippen LogP contribution in [0.4, 0.5) is 0 Å². The van der Waals surface area contributed by atoms with Crippen LogP contribution in [0.1, 0.15) is 25.7 Å². The molecule has 1 atom stereocenters. The SMILES string of the molecule is O=C(C1CCCO1)N1CCC(O)(Cn2ccc3ccncc32)CC1. The lowest BCUT2D eigenvalue weighted by atomic mass is 9.91. The number of aromatic nitrogens is 2. The highest BCUT2D eigenvalue weighted by atomic mass is 16.5. The Bertz CT molecular complexity index is 728. The summed E-state index contributed by atoms with van der Waals surface area (Å²) in [5, 5.41) is 12.1. The quantitative estimate of drug-likeness (QED) is 0.928. The van der Waals surface area contributed by atoms with Crippen molar-refractivity contribution in [3.8, 4) is 0 Å². The van der Waals surface area contributed by atoms with Crippen LogP contribution in [0.5, 0.6) is 0 Å². The van der Waals surface area contributed by atoms with Crippen molar-refractivity contribution in [3.63, 3.8) is 0 Å². The average molecular weight is 329 g/mol. The fourth-order valence-electron chi connectivity index (χ4n) is 3.76. The monoisotopic (exact) mass is 329 g/mol. The molecule has 0 aliphatic carbocycles. The van der Waals surface area contributed by atoms with Gasteiger partial charge in [0, 0.05) is 37.5 Å². The smallest absolute Gasteiger partial charge is 0.251 e. The number of carbonyl (C=O) groups excluding carboxylic acids is 1. The molecule has 0 aromatic carbocycles. The van der Waals surface area contributed by atoms with E-state index in [9.17, 15) is 9.90 Å². The van der Waals surface area contributed by atoms with Crippen molar-refractivity contribution in [2.24, 2.45) is 0 Å². The summed E-state index contributed by atoms with van der Waals surface area (Å²) in [5.74, 6) is 0.0881. The molecular weight excluding hydrogens is 306 g/mol. The molecule has 1 N–H and O–H groups in total. The zero-order valence-electron chi connectivity index (χ0n) is 13.7. The third-order valence-electron chi connectivity index (χ3n) is 5.25. The Morgan fingerprint density at radius 2 is 2.21 bits per heavy atom. The summed E-state index contributed by atoms with van der Waals surface area (Å²) in [4.78, 5) is 18.4. The molecule has 1 amide bonds. The number of hydrogen-bond acceptors (Lipinski definition) is 4. The van der Waals surface area contributed by atoms with Gasteiger partial charge < -0.3 is 19.3 Å².